The fourth-order valence-electron chi connectivity index (χ4n) is 3.12. The fraction of sp³-hybridized carbons (Fsp3) is 0.526. The Morgan fingerprint density at radius 2 is 2.00 bits per heavy atom. The van der Waals surface area contributed by atoms with E-state index in [2.05, 4.69) is 11.8 Å². The number of hydrogen-bond donors (Lipinski definition) is 4. The van der Waals surface area contributed by atoms with E-state index in [1.165, 1.54) is 36.7 Å². The molecule has 0 spiro atoms. The van der Waals surface area contributed by atoms with E-state index in [-0.39, 0.29) is 24.5 Å². The molecule has 2 atom stereocenters. The van der Waals surface area contributed by atoms with E-state index >= 15 is 0 Å². The maximum atomic E-state index is 13.1. The Bertz CT molecular complexity index is 893. The Hall–Kier alpha value is -2.16. The minimum atomic E-state index is -4.11. The topological polar surface area (TPSA) is 136 Å². The molecule has 1 aromatic carbocycles. The minimum Gasteiger partial charge on any atom is -0.481 e. The normalized spacial score (nSPS) is 23.0. The van der Waals surface area contributed by atoms with E-state index in [1.807, 2.05) is 0 Å². The summed E-state index contributed by atoms with van der Waals surface area (Å²) in [5.41, 5.74) is -1.32. The molecule has 1 fully saturated rings. The van der Waals surface area contributed by atoms with Crippen LogP contribution >= 0.6 is 0 Å². The Morgan fingerprint density at radius 3 is 2.55 bits per heavy atom. The molecule has 29 heavy (non-hydrogen) atoms. The molecule has 1 amide bonds. The van der Waals surface area contributed by atoms with E-state index in [0.29, 0.717) is 12.2 Å². The molecule has 10 heteroatoms. The summed E-state index contributed by atoms with van der Waals surface area (Å²) in [7, 11) is -4.11. The average molecular weight is 426 g/mol. The quantitative estimate of drug-likeness (QED) is 0.301. The molecule has 4 N–H and O–H groups in total. The van der Waals surface area contributed by atoms with Gasteiger partial charge in [-0.2, -0.15) is 4.31 Å². The third kappa shape index (κ3) is 5.68. The van der Waals surface area contributed by atoms with Crippen molar-refractivity contribution in [3.8, 4) is 17.6 Å². The maximum Gasteiger partial charge on any atom is 0.264 e. The molecule has 0 saturated carbocycles. The number of piperidine rings is 1. The Morgan fingerprint density at radius 1 is 1.38 bits per heavy atom. The lowest BCUT2D eigenvalue weighted by molar-refractivity contribution is -0.144. The van der Waals surface area contributed by atoms with E-state index in [1.54, 1.807) is 13.8 Å². The predicted molar refractivity (Wildman–Crippen MR) is 103 cm³/mol. The first-order valence-electron chi connectivity index (χ1n) is 9.02. The molecule has 1 aromatic rings. The molecule has 1 saturated heterocycles. The molecule has 1 aliphatic heterocycles. The van der Waals surface area contributed by atoms with Gasteiger partial charge in [0, 0.05) is 6.54 Å². The van der Waals surface area contributed by atoms with Crippen LogP contribution in [0.25, 0.3) is 0 Å². The summed E-state index contributed by atoms with van der Waals surface area (Å²) < 4.78 is 32.4. The number of hydroxylamine groups is 1. The van der Waals surface area contributed by atoms with Crippen molar-refractivity contribution in [3.05, 3.63) is 24.3 Å². The number of nitrogens with one attached hydrogen (secondary N) is 1. The molecular weight excluding hydrogens is 400 g/mol. The molecule has 0 aliphatic carbocycles. The first-order valence-corrected chi connectivity index (χ1v) is 10.5. The maximum absolute atomic E-state index is 13.1. The summed E-state index contributed by atoms with van der Waals surface area (Å²) in [5.74, 6) is 4.64. The molecule has 2 rings (SSSR count). The number of carbonyl (C=O) groups is 1. The second kappa shape index (κ2) is 8.69. The van der Waals surface area contributed by atoms with Crippen LogP contribution in [0, 0.1) is 11.8 Å². The van der Waals surface area contributed by atoms with Gasteiger partial charge in [-0.15, -0.1) is 0 Å². The molecule has 160 valence electrons. The van der Waals surface area contributed by atoms with Gasteiger partial charge in [0.15, 0.2) is 0 Å². The van der Waals surface area contributed by atoms with Crippen LogP contribution in [-0.4, -0.2) is 64.4 Å². The second-order valence-corrected chi connectivity index (χ2v) is 9.47. The van der Waals surface area contributed by atoms with Crippen LogP contribution in [0.3, 0.4) is 0 Å². The Labute approximate surface area is 170 Å². The van der Waals surface area contributed by atoms with Gasteiger partial charge < -0.3 is 14.9 Å². The number of rotatable bonds is 5. The third-order valence-corrected chi connectivity index (χ3v) is 6.31. The van der Waals surface area contributed by atoms with Crippen molar-refractivity contribution in [3.63, 3.8) is 0 Å². The Balaban J connectivity index is 2.21. The van der Waals surface area contributed by atoms with Crippen molar-refractivity contribution >= 4 is 15.9 Å². The third-order valence-electron chi connectivity index (χ3n) is 4.43. The molecule has 0 aromatic heterocycles. The summed E-state index contributed by atoms with van der Waals surface area (Å²) >= 11 is 0. The van der Waals surface area contributed by atoms with Crippen molar-refractivity contribution in [2.45, 2.75) is 55.8 Å². The van der Waals surface area contributed by atoms with Crippen LogP contribution in [0.2, 0.25) is 0 Å². The number of benzene rings is 1. The standard InChI is InChI=1S/C19H26N2O7S/c1-18(2,23)10-5-13-28-14-6-8-15(9-7-14)29(26,27)21-12-4-11-19(3,24)16(21)17(22)20-25/h6-9,16,23-25H,4,11-13H2,1-3H3,(H,20,22). The first kappa shape index (κ1) is 23.1. The van der Waals surface area contributed by atoms with Gasteiger partial charge in [0.25, 0.3) is 5.91 Å². The minimum absolute atomic E-state index is 0.0177. The Kier molecular flexibility index (Phi) is 6.93. The zero-order valence-corrected chi connectivity index (χ0v) is 17.4. The number of aliphatic hydroxyl groups is 2. The van der Waals surface area contributed by atoms with Crippen molar-refractivity contribution in [2.75, 3.05) is 13.2 Å². The van der Waals surface area contributed by atoms with Gasteiger partial charge in [0.2, 0.25) is 10.0 Å². The van der Waals surface area contributed by atoms with Gasteiger partial charge in [-0.25, -0.2) is 13.9 Å². The van der Waals surface area contributed by atoms with Gasteiger partial charge in [-0.3, -0.25) is 10.0 Å². The lowest BCUT2D eigenvalue weighted by Gasteiger charge is -2.42. The highest BCUT2D eigenvalue weighted by molar-refractivity contribution is 7.89. The zero-order valence-electron chi connectivity index (χ0n) is 16.5. The summed E-state index contributed by atoms with van der Waals surface area (Å²) in [5, 5.41) is 29.0. The first-order chi connectivity index (χ1) is 13.4. The largest absolute Gasteiger partial charge is 0.481 e. The summed E-state index contributed by atoms with van der Waals surface area (Å²) in [6.07, 6.45) is 0.581. The number of amides is 1. The van der Waals surface area contributed by atoms with Crippen LogP contribution in [-0.2, 0) is 14.8 Å². The molecule has 2 unspecified atom stereocenters. The number of nitrogens with zero attached hydrogens (tertiary/aromatic N) is 1. The second-order valence-electron chi connectivity index (χ2n) is 7.58. The number of ether oxygens (including phenoxy) is 1. The van der Waals surface area contributed by atoms with Gasteiger partial charge in [0.05, 0.1) is 10.5 Å². The van der Waals surface area contributed by atoms with E-state index < -0.39 is 33.2 Å². The van der Waals surface area contributed by atoms with E-state index in [0.717, 1.165) is 4.31 Å². The van der Waals surface area contributed by atoms with Gasteiger partial charge in [0.1, 0.15) is 24.0 Å². The van der Waals surface area contributed by atoms with Crippen molar-refractivity contribution in [1.82, 2.24) is 9.79 Å². The predicted octanol–water partition coefficient (Wildman–Crippen LogP) is 0.249. The van der Waals surface area contributed by atoms with Crippen molar-refractivity contribution in [1.29, 1.82) is 0 Å². The average Bonchev–Trinajstić information content (AvgIpc) is 2.63. The van der Waals surface area contributed by atoms with Crippen LogP contribution in [0.1, 0.15) is 33.6 Å². The highest BCUT2D eigenvalue weighted by atomic mass is 32.2. The molecule has 0 radical (unpaired) electrons. The molecule has 1 aliphatic rings. The van der Waals surface area contributed by atoms with Gasteiger partial charge >= 0.3 is 0 Å². The summed E-state index contributed by atoms with van der Waals surface area (Å²) in [6.45, 7) is 4.50. The monoisotopic (exact) mass is 426 g/mol. The van der Waals surface area contributed by atoms with Crippen LogP contribution < -0.4 is 10.2 Å². The SMILES string of the molecule is CC(C)(O)C#CCOc1ccc(S(=O)(=O)N2CCCC(C)(O)C2C(=O)NO)cc1. The molecule has 0 bridgehead atoms. The highest BCUT2D eigenvalue weighted by Gasteiger charge is 2.49. The zero-order chi connectivity index (χ0) is 21.9. The fourth-order valence-corrected chi connectivity index (χ4v) is 4.84. The van der Waals surface area contributed by atoms with Gasteiger partial charge in [-0.05, 0) is 57.9 Å². The lowest BCUT2D eigenvalue weighted by atomic mass is 9.87. The van der Waals surface area contributed by atoms with Crippen LogP contribution in [0.15, 0.2) is 29.2 Å². The van der Waals surface area contributed by atoms with Crippen LogP contribution in [0.4, 0.5) is 0 Å². The van der Waals surface area contributed by atoms with Crippen molar-refractivity contribution in [2.24, 2.45) is 0 Å². The van der Waals surface area contributed by atoms with Crippen LogP contribution in [0.5, 0.6) is 5.75 Å². The number of carbonyl (C=O) groups excluding carboxylic acids is 1. The van der Waals surface area contributed by atoms with E-state index in [4.69, 9.17) is 9.94 Å². The smallest absolute Gasteiger partial charge is 0.264 e. The molecular formula is C19H26N2O7S. The lowest BCUT2D eigenvalue weighted by Crippen LogP contribution is -2.62. The van der Waals surface area contributed by atoms with Crippen molar-refractivity contribution < 1.29 is 33.4 Å². The number of hydrogen-bond acceptors (Lipinski definition) is 7. The molecule has 1 heterocycles. The van der Waals surface area contributed by atoms with E-state index in [9.17, 15) is 23.4 Å². The highest BCUT2D eigenvalue weighted by Crippen LogP contribution is 2.32. The number of sulfonamides is 1. The molecule has 9 nitrogen and oxygen atoms in total. The summed E-state index contributed by atoms with van der Waals surface area (Å²) in [6, 6.07) is 4.08. The summed E-state index contributed by atoms with van der Waals surface area (Å²) in [4.78, 5) is 12.0. The van der Waals surface area contributed by atoms with Gasteiger partial charge in [-0.1, -0.05) is 11.8 Å².